The number of nitrogens with zero attached hydrogens (tertiary/aromatic N) is 3. The van der Waals surface area contributed by atoms with Gasteiger partial charge in [-0.1, -0.05) is 6.07 Å². The minimum Gasteiger partial charge on any atom is -0.484 e. The summed E-state index contributed by atoms with van der Waals surface area (Å²) in [6.45, 7) is 1.89. The van der Waals surface area contributed by atoms with E-state index in [1.165, 1.54) is 18.2 Å². The first kappa shape index (κ1) is 17.8. The number of carbonyl (C=O) groups is 2. The topological polar surface area (TPSA) is 62.7 Å². The summed E-state index contributed by atoms with van der Waals surface area (Å²) in [5.41, 5.74) is 0.543. The van der Waals surface area contributed by atoms with E-state index in [4.69, 9.17) is 4.74 Å². The van der Waals surface area contributed by atoms with Crippen LogP contribution in [0.1, 0.15) is 16.8 Å². The number of hydrogen-bond donors (Lipinski definition) is 0. The summed E-state index contributed by atoms with van der Waals surface area (Å²) < 4.78 is 18.5. The maximum Gasteiger partial charge on any atom is 0.260 e. The molecule has 136 valence electrons. The number of rotatable bonds is 4. The SMILES string of the molecule is O=C(COc1cccc(F)c1)N1CCCN(C(=O)c2cccnc2)CC1. The maximum absolute atomic E-state index is 13.1. The first-order valence-electron chi connectivity index (χ1n) is 8.49. The Kier molecular flexibility index (Phi) is 5.78. The van der Waals surface area contributed by atoms with Crippen LogP contribution in [0.4, 0.5) is 4.39 Å². The molecule has 1 aromatic carbocycles. The second-order valence-electron chi connectivity index (χ2n) is 6.01. The molecule has 0 radical (unpaired) electrons. The molecule has 0 aliphatic carbocycles. The lowest BCUT2D eigenvalue weighted by atomic mass is 10.2. The first-order chi connectivity index (χ1) is 12.6. The highest BCUT2D eigenvalue weighted by Gasteiger charge is 2.23. The third-order valence-corrected chi connectivity index (χ3v) is 4.20. The number of pyridine rings is 1. The van der Waals surface area contributed by atoms with E-state index in [9.17, 15) is 14.0 Å². The Morgan fingerprint density at radius 3 is 2.65 bits per heavy atom. The van der Waals surface area contributed by atoms with E-state index in [-0.39, 0.29) is 18.4 Å². The lowest BCUT2D eigenvalue weighted by molar-refractivity contribution is -0.133. The van der Waals surface area contributed by atoms with Crippen molar-refractivity contribution in [2.24, 2.45) is 0 Å². The Labute approximate surface area is 151 Å². The second kappa shape index (κ2) is 8.42. The van der Waals surface area contributed by atoms with Gasteiger partial charge in [0, 0.05) is 44.6 Å². The number of ether oxygens (including phenoxy) is 1. The predicted octanol–water partition coefficient (Wildman–Crippen LogP) is 1.97. The van der Waals surface area contributed by atoms with Crippen LogP contribution in [0.3, 0.4) is 0 Å². The summed E-state index contributed by atoms with van der Waals surface area (Å²) in [7, 11) is 0. The van der Waals surface area contributed by atoms with E-state index < -0.39 is 5.82 Å². The third kappa shape index (κ3) is 4.56. The minimum absolute atomic E-state index is 0.0802. The van der Waals surface area contributed by atoms with E-state index in [1.54, 1.807) is 40.4 Å². The summed E-state index contributed by atoms with van der Waals surface area (Å²) in [6, 6.07) is 9.15. The molecule has 2 aromatic rings. The number of aromatic nitrogens is 1. The first-order valence-corrected chi connectivity index (χ1v) is 8.49. The molecule has 0 spiro atoms. The van der Waals surface area contributed by atoms with Gasteiger partial charge in [0.15, 0.2) is 6.61 Å². The zero-order valence-electron chi connectivity index (χ0n) is 14.3. The van der Waals surface area contributed by atoms with Gasteiger partial charge in [0.05, 0.1) is 5.56 Å². The van der Waals surface area contributed by atoms with E-state index in [2.05, 4.69) is 4.98 Å². The van der Waals surface area contributed by atoms with Gasteiger partial charge in [-0.25, -0.2) is 4.39 Å². The zero-order chi connectivity index (χ0) is 18.4. The van der Waals surface area contributed by atoms with E-state index in [1.807, 2.05) is 0 Å². The fourth-order valence-corrected chi connectivity index (χ4v) is 2.83. The summed E-state index contributed by atoms with van der Waals surface area (Å²) in [6.07, 6.45) is 3.86. The highest BCUT2D eigenvalue weighted by atomic mass is 19.1. The minimum atomic E-state index is -0.408. The van der Waals surface area contributed by atoms with Crippen LogP contribution in [-0.2, 0) is 4.79 Å². The van der Waals surface area contributed by atoms with Crippen LogP contribution in [0.25, 0.3) is 0 Å². The molecule has 7 heteroatoms. The Bertz CT molecular complexity index is 770. The number of carbonyl (C=O) groups excluding carboxylic acids is 2. The molecule has 1 saturated heterocycles. The molecule has 1 aliphatic rings. The van der Waals surface area contributed by atoms with Crippen LogP contribution in [0.5, 0.6) is 5.75 Å². The van der Waals surface area contributed by atoms with Gasteiger partial charge in [0.25, 0.3) is 11.8 Å². The predicted molar refractivity (Wildman–Crippen MR) is 93.2 cm³/mol. The molecule has 0 N–H and O–H groups in total. The molecule has 0 unspecified atom stereocenters. The summed E-state index contributed by atoms with van der Waals surface area (Å²) in [5.74, 6) is -0.343. The van der Waals surface area contributed by atoms with Crippen molar-refractivity contribution in [1.29, 1.82) is 0 Å². The van der Waals surface area contributed by atoms with Gasteiger partial charge in [-0.15, -0.1) is 0 Å². The van der Waals surface area contributed by atoms with Crippen molar-refractivity contribution in [2.75, 3.05) is 32.8 Å². The second-order valence-corrected chi connectivity index (χ2v) is 6.01. The van der Waals surface area contributed by atoms with Gasteiger partial charge in [0.1, 0.15) is 11.6 Å². The molecular formula is C19H20FN3O3. The van der Waals surface area contributed by atoms with E-state index >= 15 is 0 Å². The van der Waals surface area contributed by atoms with Crippen molar-refractivity contribution in [3.63, 3.8) is 0 Å². The van der Waals surface area contributed by atoms with Gasteiger partial charge in [-0.2, -0.15) is 0 Å². The van der Waals surface area contributed by atoms with Gasteiger partial charge < -0.3 is 14.5 Å². The molecule has 1 fully saturated rings. The third-order valence-electron chi connectivity index (χ3n) is 4.20. The Hall–Kier alpha value is -2.96. The standard InChI is InChI=1S/C19H20FN3O3/c20-16-5-1-6-17(12-16)26-14-18(24)22-8-3-9-23(11-10-22)19(25)15-4-2-7-21-13-15/h1-2,4-7,12-13H,3,8-11,14H2. The highest BCUT2D eigenvalue weighted by Crippen LogP contribution is 2.13. The van der Waals surface area contributed by atoms with Crippen molar-refractivity contribution in [2.45, 2.75) is 6.42 Å². The smallest absolute Gasteiger partial charge is 0.260 e. The van der Waals surface area contributed by atoms with Gasteiger partial charge in [-0.05, 0) is 30.7 Å². The molecule has 26 heavy (non-hydrogen) atoms. The molecule has 6 nitrogen and oxygen atoms in total. The quantitative estimate of drug-likeness (QED) is 0.839. The zero-order valence-corrected chi connectivity index (χ0v) is 14.3. The molecule has 1 aromatic heterocycles. The number of amides is 2. The normalized spacial score (nSPS) is 14.7. The lowest BCUT2D eigenvalue weighted by Gasteiger charge is -2.22. The fourth-order valence-electron chi connectivity index (χ4n) is 2.83. The Balaban J connectivity index is 1.53. The van der Waals surface area contributed by atoms with Crippen molar-refractivity contribution in [1.82, 2.24) is 14.8 Å². The average molecular weight is 357 g/mol. The molecule has 3 rings (SSSR count). The molecule has 1 aliphatic heterocycles. The number of hydrogen-bond acceptors (Lipinski definition) is 4. The highest BCUT2D eigenvalue weighted by molar-refractivity contribution is 5.94. The van der Waals surface area contributed by atoms with Gasteiger partial charge >= 0.3 is 0 Å². The monoisotopic (exact) mass is 357 g/mol. The summed E-state index contributed by atoms with van der Waals surface area (Å²) in [4.78, 5) is 32.2. The lowest BCUT2D eigenvalue weighted by Crippen LogP contribution is -2.39. The Morgan fingerprint density at radius 1 is 1.08 bits per heavy atom. The molecule has 0 saturated carbocycles. The molecular weight excluding hydrogens is 337 g/mol. The number of benzene rings is 1. The molecule has 2 amide bonds. The van der Waals surface area contributed by atoms with E-state index in [0.29, 0.717) is 43.9 Å². The fraction of sp³-hybridized carbons (Fsp3) is 0.316. The van der Waals surface area contributed by atoms with Crippen molar-refractivity contribution < 1.29 is 18.7 Å². The maximum atomic E-state index is 13.1. The average Bonchev–Trinajstić information content (AvgIpc) is 2.92. The van der Waals surface area contributed by atoms with Crippen LogP contribution < -0.4 is 4.74 Å². The van der Waals surface area contributed by atoms with Gasteiger partial charge in [-0.3, -0.25) is 14.6 Å². The van der Waals surface area contributed by atoms with Crippen LogP contribution >= 0.6 is 0 Å². The van der Waals surface area contributed by atoms with Gasteiger partial charge in [0.2, 0.25) is 0 Å². The summed E-state index contributed by atoms with van der Waals surface area (Å²) >= 11 is 0. The van der Waals surface area contributed by atoms with Crippen LogP contribution in [0.2, 0.25) is 0 Å². The molecule has 0 bridgehead atoms. The van der Waals surface area contributed by atoms with Crippen molar-refractivity contribution >= 4 is 11.8 Å². The largest absolute Gasteiger partial charge is 0.484 e. The van der Waals surface area contributed by atoms with Crippen molar-refractivity contribution in [3.05, 3.63) is 60.2 Å². The number of halogens is 1. The Morgan fingerprint density at radius 2 is 1.88 bits per heavy atom. The van der Waals surface area contributed by atoms with Crippen molar-refractivity contribution in [3.8, 4) is 5.75 Å². The van der Waals surface area contributed by atoms with Crippen LogP contribution in [0, 0.1) is 5.82 Å². The van der Waals surface area contributed by atoms with Crippen LogP contribution in [0.15, 0.2) is 48.8 Å². The van der Waals surface area contributed by atoms with Crippen LogP contribution in [-0.4, -0.2) is 59.4 Å². The molecule has 0 atom stereocenters. The summed E-state index contributed by atoms with van der Waals surface area (Å²) in [5, 5.41) is 0. The van der Waals surface area contributed by atoms with E-state index in [0.717, 1.165) is 0 Å². The molecule has 2 heterocycles.